The maximum atomic E-state index is 11.1. The van der Waals surface area contributed by atoms with Gasteiger partial charge >= 0.3 is 8.56 Å². The van der Waals surface area contributed by atoms with E-state index in [0.717, 1.165) is 12.5 Å². The van der Waals surface area contributed by atoms with Crippen LogP contribution in [0.1, 0.15) is 52.4 Å². The number of rotatable bonds is 5. The summed E-state index contributed by atoms with van der Waals surface area (Å²) in [7, 11) is -2.66. The zero-order valence-electron chi connectivity index (χ0n) is 11.7. The SMILES string of the molecule is CC(=O)O[Si](C)(CCC1CCCCC1)OC(C)=O. The molecule has 0 aromatic carbocycles. The highest BCUT2D eigenvalue weighted by molar-refractivity contribution is 6.69. The molecule has 4 nitrogen and oxygen atoms in total. The summed E-state index contributed by atoms with van der Waals surface area (Å²) in [6.07, 6.45) is 7.44. The molecule has 0 atom stereocenters. The van der Waals surface area contributed by atoms with Crippen LogP contribution in [0.3, 0.4) is 0 Å². The lowest BCUT2D eigenvalue weighted by molar-refractivity contribution is -0.138. The van der Waals surface area contributed by atoms with Crippen LogP contribution in [0.5, 0.6) is 0 Å². The van der Waals surface area contributed by atoms with Crippen molar-refractivity contribution in [2.45, 2.75) is 65.0 Å². The minimum atomic E-state index is -2.66. The van der Waals surface area contributed by atoms with E-state index in [1.807, 2.05) is 0 Å². The Labute approximate surface area is 110 Å². The van der Waals surface area contributed by atoms with Gasteiger partial charge in [-0.15, -0.1) is 0 Å². The van der Waals surface area contributed by atoms with Crippen molar-refractivity contribution in [2.75, 3.05) is 0 Å². The average molecular weight is 272 g/mol. The lowest BCUT2D eigenvalue weighted by atomic mass is 9.88. The zero-order chi connectivity index (χ0) is 13.6. The van der Waals surface area contributed by atoms with Crippen molar-refractivity contribution in [3.63, 3.8) is 0 Å². The van der Waals surface area contributed by atoms with Crippen molar-refractivity contribution >= 4 is 20.5 Å². The molecule has 0 heterocycles. The predicted octanol–water partition coefficient (Wildman–Crippen LogP) is 3.16. The van der Waals surface area contributed by atoms with Crippen LogP contribution in [-0.4, -0.2) is 20.5 Å². The van der Waals surface area contributed by atoms with Crippen LogP contribution in [-0.2, 0) is 18.4 Å². The quantitative estimate of drug-likeness (QED) is 0.721. The van der Waals surface area contributed by atoms with Gasteiger partial charge in [-0.1, -0.05) is 32.1 Å². The lowest BCUT2D eigenvalue weighted by Gasteiger charge is -2.28. The first-order chi connectivity index (χ1) is 8.41. The molecule has 0 radical (unpaired) electrons. The molecule has 1 aliphatic carbocycles. The monoisotopic (exact) mass is 272 g/mol. The fraction of sp³-hybridized carbons (Fsp3) is 0.846. The Kier molecular flexibility index (Phi) is 5.85. The van der Waals surface area contributed by atoms with Gasteiger partial charge in [0.2, 0.25) is 0 Å². The molecular weight excluding hydrogens is 248 g/mol. The molecule has 0 N–H and O–H groups in total. The first-order valence-corrected chi connectivity index (χ1v) is 9.33. The Bertz CT molecular complexity index is 281. The smallest absolute Gasteiger partial charge is 0.461 e. The van der Waals surface area contributed by atoms with Crippen LogP contribution in [0.25, 0.3) is 0 Å². The highest BCUT2D eigenvalue weighted by Crippen LogP contribution is 2.30. The van der Waals surface area contributed by atoms with Gasteiger partial charge in [-0.05, 0) is 12.3 Å². The van der Waals surface area contributed by atoms with Gasteiger partial charge < -0.3 is 8.85 Å². The number of hydrogen-bond donors (Lipinski definition) is 0. The van der Waals surface area contributed by atoms with Gasteiger partial charge in [-0.25, -0.2) is 0 Å². The Morgan fingerprint density at radius 3 is 2.00 bits per heavy atom. The maximum absolute atomic E-state index is 11.1. The van der Waals surface area contributed by atoms with E-state index in [2.05, 4.69) is 0 Å². The molecule has 1 rings (SSSR count). The fourth-order valence-electron chi connectivity index (χ4n) is 2.67. The molecule has 0 saturated heterocycles. The molecule has 0 aliphatic heterocycles. The molecule has 0 unspecified atom stereocenters. The van der Waals surface area contributed by atoms with Gasteiger partial charge in [0.15, 0.2) is 0 Å². The van der Waals surface area contributed by atoms with Gasteiger partial charge in [0.25, 0.3) is 11.9 Å². The topological polar surface area (TPSA) is 52.6 Å². The van der Waals surface area contributed by atoms with E-state index in [9.17, 15) is 9.59 Å². The summed E-state index contributed by atoms with van der Waals surface area (Å²) >= 11 is 0. The van der Waals surface area contributed by atoms with Gasteiger partial charge in [0, 0.05) is 26.4 Å². The van der Waals surface area contributed by atoms with Gasteiger partial charge in [-0.2, -0.15) is 0 Å². The molecule has 5 heteroatoms. The first-order valence-electron chi connectivity index (χ1n) is 6.80. The van der Waals surface area contributed by atoms with E-state index >= 15 is 0 Å². The third-order valence-electron chi connectivity index (χ3n) is 3.45. The maximum Gasteiger partial charge on any atom is 0.461 e. The standard InChI is InChI=1S/C13H24O4Si/c1-11(14)16-18(3,17-12(2)15)10-9-13-7-5-4-6-8-13/h13H,4-10H2,1-3H3. The van der Waals surface area contributed by atoms with E-state index in [1.165, 1.54) is 46.0 Å². The van der Waals surface area contributed by atoms with E-state index in [4.69, 9.17) is 8.85 Å². The summed E-state index contributed by atoms with van der Waals surface area (Å²) in [6.45, 7) is 4.54. The Morgan fingerprint density at radius 2 is 1.56 bits per heavy atom. The van der Waals surface area contributed by atoms with Crippen LogP contribution in [0.15, 0.2) is 0 Å². The van der Waals surface area contributed by atoms with Crippen LogP contribution in [0, 0.1) is 5.92 Å². The van der Waals surface area contributed by atoms with Gasteiger partial charge in [-0.3, -0.25) is 9.59 Å². The zero-order valence-corrected chi connectivity index (χ0v) is 12.7. The van der Waals surface area contributed by atoms with Crippen molar-refractivity contribution < 1.29 is 18.4 Å². The van der Waals surface area contributed by atoms with E-state index in [0.29, 0.717) is 5.92 Å². The van der Waals surface area contributed by atoms with Crippen molar-refractivity contribution in [1.82, 2.24) is 0 Å². The highest BCUT2D eigenvalue weighted by atomic mass is 28.4. The Morgan fingerprint density at radius 1 is 1.06 bits per heavy atom. The van der Waals surface area contributed by atoms with Gasteiger partial charge in [0.1, 0.15) is 0 Å². The molecule has 0 aromatic rings. The lowest BCUT2D eigenvalue weighted by Crippen LogP contribution is -2.42. The minimum Gasteiger partial charge on any atom is -0.485 e. The normalized spacial score (nSPS) is 17.3. The molecular formula is C13H24O4Si. The van der Waals surface area contributed by atoms with E-state index in [-0.39, 0.29) is 11.9 Å². The summed E-state index contributed by atoms with van der Waals surface area (Å²) < 4.78 is 10.6. The third kappa shape index (κ3) is 5.66. The van der Waals surface area contributed by atoms with Crippen molar-refractivity contribution in [2.24, 2.45) is 5.92 Å². The van der Waals surface area contributed by atoms with Crippen LogP contribution < -0.4 is 0 Å². The van der Waals surface area contributed by atoms with Crippen LogP contribution in [0.2, 0.25) is 12.6 Å². The molecule has 18 heavy (non-hydrogen) atoms. The summed E-state index contributed by atoms with van der Waals surface area (Å²) in [5.41, 5.74) is 0. The molecule has 104 valence electrons. The molecule has 1 aliphatic rings. The highest BCUT2D eigenvalue weighted by Gasteiger charge is 2.38. The molecule has 0 aromatic heterocycles. The number of hydrogen-bond acceptors (Lipinski definition) is 4. The third-order valence-corrected chi connectivity index (χ3v) is 6.09. The fourth-order valence-corrected chi connectivity index (χ4v) is 5.07. The van der Waals surface area contributed by atoms with Crippen LogP contribution in [0.4, 0.5) is 0 Å². The second kappa shape index (κ2) is 6.92. The van der Waals surface area contributed by atoms with E-state index in [1.54, 1.807) is 6.55 Å². The first kappa shape index (κ1) is 15.2. The van der Waals surface area contributed by atoms with Gasteiger partial charge in [0.05, 0.1) is 0 Å². The largest absolute Gasteiger partial charge is 0.485 e. The second-order valence-corrected chi connectivity index (χ2v) is 8.54. The Hall–Kier alpha value is -0.843. The predicted molar refractivity (Wildman–Crippen MR) is 71.1 cm³/mol. The minimum absolute atomic E-state index is 0.353. The van der Waals surface area contributed by atoms with E-state index < -0.39 is 8.56 Å². The second-order valence-electron chi connectivity index (χ2n) is 5.36. The Balaban J connectivity index is 2.48. The molecule has 0 bridgehead atoms. The number of carbonyl (C=O) groups excluding carboxylic acids is 2. The van der Waals surface area contributed by atoms with Crippen molar-refractivity contribution in [3.8, 4) is 0 Å². The van der Waals surface area contributed by atoms with Crippen molar-refractivity contribution in [3.05, 3.63) is 0 Å². The number of carbonyl (C=O) groups is 2. The van der Waals surface area contributed by atoms with Crippen LogP contribution >= 0.6 is 0 Å². The summed E-state index contributed by atoms with van der Waals surface area (Å²) in [6, 6.07) is 0.719. The average Bonchev–Trinajstić information content (AvgIpc) is 2.26. The summed E-state index contributed by atoms with van der Waals surface area (Å²) in [5, 5.41) is 0. The molecule has 1 saturated carbocycles. The molecule has 1 fully saturated rings. The molecule has 0 spiro atoms. The summed E-state index contributed by atoms with van der Waals surface area (Å²) in [5.74, 6) is -0.000173. The summed E-state index contributed by atoms with van der Waals surface area (Å²) in [4.78, 5) is 22.2. The van der Waals surface area contributed by atoms with Crippen molar-refractivity contribution in [1.29, 1.82) is 0 Å². The molecule has 0 amide bonds.